The summed E-state index contributed by atoms with van der Waals surface area (Å²) in [5.74, 6) is -0.600. The van der Waals surface area contributed by atoms with Crippen molar-refractivity contribution < 1.29 is 18.3 Å². The number of halogens is 2. The van der Waals surface area contributed by atoms with E-state index in [4.69, 9.17) is 4.74 Å². The molecule has 0 N–H and O–H groups in total. The number of benzene rings is 1. The lowest BCUT2D eigenvalue weighted by Crippen LogP contribution is -2.40. The number of aliphatic imine (C=N–C) groups is 1. The zero-order chi connectivity index (χ0) is 20.8. The predicted octanol–water partition coefficient (Wildman–Crippen LogP) is 3.86. The molecule has 1 saturated heterocycles. The highest BCUT2D eigenvalue weighted by molar-refractivity contribution is 5.94. The average molecular weight is 399 g/mol. The van der Waals surface area contributed by atoms with Gasteiger partial charge in [-0.05, 0) is 49.1 Å². The van der Waals surface area contributed by atoms with Gasteiger partial charge in [0.1, 0.15) is 11.6 Å². The number of piperidine rings is 1. The molecule has 5 nitrogen and oxygen atoms in total. The molecule has 2 heterocycles. The Morgan fingerprint density at radius 2 is 2.00 bits per heavy atom. The fourth-order valence-corrected chi connectivity index (χ4v) is 3.37. The first kappa shape index (κ1) is 20.6. The molecule has 1 amide bonds. The van der Waals surface area contributed by atoms with Crippen molar-refractivity contribution in [2.75, 3.05) is 26.7 Å². The lowest BCUT2D eigenvalue weighted by molar-refractivity contribution is 0.0690. The van der Waals surface area contributed by atoms with Crippen molar-refractivity contribution in [2.45, 2.75) is 12.8 Å². The molecule has 0 saturated carbocycles. The van der Waals surface area contributed by atoms with E-state index >= 15 is 0 Å². The first-order valence-electron chi connectivity index (χ1n) is 9.40. The van der Waals surface area contributed by atoms with Gasteiger partial charge in [-0.2, -0.15) is 0 Å². The summed E-state index contributed by atoms with van der Waals surface area (Å²) >= 11 is 0. The number of rotatable bonds is 5. The fourth-order valence-electron chi connectivity index (χ4n) is 3.37. The van der Waals surface area contributed by atoms with E-state index in [0.29, 0.717) is 31.1 Å². The van der Waals surface area contributed by atoms with Crippen LogP contribution in [0.1, 0.15) is 28.8 Å². The molecule has 1 aliphatic rings. The first-order valence-corrected chi connectivity index (χ1v) is 9.40. The van der Waals surface area contributed by atoms with E-state index in [0.717, 1.165) is 24.6 Å². The topological polar surface area (TPSA) is 54.8 Å². The Balaban J connectivity index is 1.64. The van der Waals surface area contributed by atoms with Gasteiger partial charge >= 0.3 is 0 Å². The fraction of sp³-hybridized carbons (Fsp3) is 0.318. The van der Waals surface area contributed by atoms with Gasteiger partial charge in [0.15, 0.2) is 0 Å². The number of hydrogen-bond donors (Lipinski definition) is 0. The zero-order valence-electron chi connectivity index (χ0n) is 16.3. The molecule has 1 fully saturated rings. The third-order valence-corrected chi connectivity index (χ3v) is 4.95. The van der Waals surface area contributed by atoms with Gasteiger partial charge in [-0.25, -0.2) is 13.8 Å². The molecule has 7 heteroatoms. The van der Waals surface area contributed by atoms with Crippen LogP contribution in [0.2, 0.25) is 0 Å². The maximum Gasteiger partial charge on any atom is 0.255 e. The first-order chi connectivity index (χ1) is 14.0. The number of amides is 1. The van der Waals surface area contributed by atoms with E-state index in [2.05, 4.69) is 16.6 Å². The zero-order valence-corrected chi connectivity index (χ0v) is 16.3. The summed E-state index contributed by atoms with van der Waals surface area (Å²) in [4.78, 5) is 22.6. The van der Waals surface area contributed by atoms with Crippen molar-refractivity contribution >= 4 is 11.8 Å². The van der Waals surface area contributed by atoms with Crippen LogP contribution in [0.4, 0.5) is 8.78 Å². The van der Waals surface area contributed by atoms with Crippen molar-refractivity contribution in [3.63, 3.8) is 0 Å². The van der Waals surface area contributed by atoms with E-state index < -0.39 is 5.82 Å². The number of carbonyl (C=O) groups is 1. The number of nitrogens with zero attached hydrogens (tertiary/aromatic N) is 3. The molecule has 1 aromatic carbocycles. The van der Waals surface area contributed by atoms with Crippen molar-refractivity contribution in [3.05, 3.63) is 77.6 Å². The summed E-state index contributed by atoms with van der Waals surface area (Å²) in [5.41, 5.74) is 1.81. The van der Waals surface area contributed by atoms with Crippen LogP contribution in [0, 0.1) is 17.6 Å². The second kappa shape index (κ2) is 9.41. The maximum absolute atomic E-state index is 13.4. The van der Waals surface area contributed by atoms with Gasteiger partial charge in [-0.1, -0.05) is 12.2 Å². The predicted molar refractivity (Wildman–Crippen MR) is 107 cm³/mol. The van der Waals surface area contributed by atoms with Crippen LogP contribution in [0.3, 0.4) is 0 Å². The van der Waals surface area contributed by atoms with Crippen LogP contribution < -0.4 is 0 Å². The molecular weight excluding hydrogens is 376 g/mol. The molecule has 0 spiro atoms. The summed E-state index contributed by atoms with van der Waals surface area (Å²) in [6.45, 7) is 5.60. The minimum Gasteiger partial charge on any atom is -0.481 e. The molecule has 0 radical (unpaired) electrons. The number of pyridine rings is 1. The number of hydrogen-bond acceptors (Lipinski definition) is 4. The third kappa shape index (κ3) is 5.25. The second-order valence-corrected chi connectivity index (χ2v) is 6.97. The summed E-state index contributed by atoms with van der Waals surface area (Å²) in [6, 6.07) is 7.11. The van der Waals surface area contributed by atoms with Gasteiger partial charge in [-0.3, -0.25) is 9.78 Å². The molecular formula is C22H23F2N3O2. The highest BCUT2D eigenvalue weighted by Gasteiger charge is 2.26. The van der Waals surface area contributed by atoms with E-state index in [-0.39, 0.29) is 23.2 Å². The van der Waals surface area contributed by atoms with Gasteiger partial charge < -0.3 is 9.64 Å². The van der Waals surface area contributed by atoms with Gasteiger partial charge in [0.2, 0.25) is 5.90 Å². The van der Waals surface area contributed by atoms with Gasteiger partial charge in [0.05, 0.1) is 25.4 Å². The van der Waals surface area contributed by atoms with Crippen LogP contribution in [0.25, 0.3) is 0 Å². The molecule has 1 aromatic heterocycles. The van der Waals surface area contributed by atoms with Crippen LogP contribution in [0.15, 0.2) is 59.9 Å². The Morgan fingerprint density at radius 1 is 1.24 bits per heavy atom. The molecule has 3 rings (SSSR count). The van der Waals surface area contributed by atoms with Gasteiger partial charge in [0.25, 0.3) is 5.91 Å². The standard InChI is InChI=1S/C22H23F2N3O2/c1-15(11-26-21(29-2)16-5-7-19(23)8-6-16)17-4-3-9-27(14-17)22(28)18-10-20(24)13-25-12-18/h5-8,10,12-13,17H,1,3-4,9,11,14H2,2H3/t17-/m0/s1. The van der Waals surface area contributed by atoms with Gasteiger partial charge in [0, 0.05) is 24.8 Å². The molecule has 0 bridgehead atoms. The van der Waals surface area contributed by atoms with Crippen molar-refractivity contribution in [1.29, 1.82) is 0 Å². The maximum atomic E-state index is 13.4. The number of ether oxygens (including phenoxy) is 1. The van der Waals surface area contributed by atoms with Crippen LogP contribution in [0.5, 0.6) is 0 Å². The Kier molecular flexibility index (Phi) is 6.69. The minimum absolute atomic E-state index is 0.0873. The SMILES string of the molecule is C=C(CN=C(OC)c1ccc(F)cc1)[C@H]1CCCN(C(=O)c2cncc(F)c2)C1. The Bertz CT molecular complexity index is 913. The summed E-state index contributed by atoms with van der Waals surface area (Å²) < 4.78 is 31.8. The second-order valence-electron chi connectivity index (χ2n) is 6.97. The van der Waals surface area contributed by atoms with Crippen LogP contribution >= 0.6 is 0 Å². The number of carbonyl (C=O) groups excluding carboxylic acids is 1. The highest BCUT2D eigenvalue weighted by Crippen LogP contribution is 2.24. The molecule has 29 heavy (non-hydrogen) atoms. The largest absolute Gasteiger partial charge is 0.481 e. The van der Waals surface area contributed by atoms with Crippen LogP contribution in [-0.4, -0.2) is 48.4 Å². The molecule has 1 atom stereocenters. The van der Waals surface area contributed by atoms with Crippen molar-refractivity contribution in [3.8, 4) is 0 Å². The Hall–Kier alpha value is -3.09. The monoisotopic (exact) mass is 399 g/mol. The van der Waals surface area contributed by atoms with Crippen molar-refractivity contribution in [1.82, 2.24) is 9.88 Å². The third-order valence-electron chi connectivity index (χ3n) is 4.95. The smallest absolute Gasteiger partial charge is 0.255 e. The lowest BCUT2D eigenvalue weighted by atomic mass is 9.91. The van der Waals surface area contributed by atoms with Crippen molar-refractivity contribution in [2.24, 2.45) is 10.9 Å². The molecule has 0 unspecified atom stereocenters. The van der Waals surface area contributed by atoms with Gasteiger partial charge in [-0.15, -0.1) is 0 Å². The average Bonchev–Trinajstić information content (AvgIpc) is 2.74. The molecule has 2 aromatic rings. The summed E-state index contributed by atoms with van der Waals surface area (Å²) in [6.07, 6.45) is 4.18. The molecule has 0 aliphatic carbocycles. The molecule has 152 valence electrons. The Morgan fingerprint density at radius 3 is 2.69 bits per heavy atom. The van der Waals surface area contributed by atoms with E-state index in [1.807, 2.05) is 0 Å². The summed E-state index contributed by atoms with van der Waals surface area (Å²) in [5, 5.41) is 0. The van der Waals surface area contributed by atoms with E-state index in [1.54, 1.807) is 17.0 Å². The van der Waals surface area contributed by atoms with Crippen LogP contribution in [-0.2, 0) is 4.74 Å². The quantitative estimate of drug-likeness (QED) is 0.436. The number of likely N-dealkylation sites (tertiary alicyclic amines) is 1. The molecule has 1 aliphatic heterocycles. The van der Waals surface area contributed by atoms with E-state index in [1.165, 1.54) is 31.5 Å². The summed E-state index contributed by atoms with van der Waals surface area (Å²) in [7, 11) is 1.51. The lowest BCUT2D eigenvalue weighted by Gasteiger charge is -2.33. The highest BCUT2D eigenvalue weighted by atomic mass is 19.1. The normalized spacial score (nSPS) is 17.1. The number of methoxy groups -OCH3 is 1. The Labute approximate surface area is 168 Å². The minimum atomic E-state index is -0.531. The van der Waals surface area contributed by atoms with E-state index in [9.17, 15) is 13.6 Å². The number of aromatic nitrogens is 1.